The molecule has 0 radical (unpaired) electrons. The van der Waals surface area contributed by atoms with Gasteiger partial charge in [-0.2, -0.15) is 0 Å². The largest absolute Gasteiger partial charge is 0.370 e. The number of nitrogens with one attached hydrogen (secondary N) is 2. The zero-order valence-corrected chi connectivity index (χ0v) is 13.2. The molecule has 1 saturated carbocycles. The number of hydrogen-bond acceptors (Lipinski definition) is 3. The van der Waals surface area contributed by atoms with Gasteiger partial charge in [-0.3, -0.25) is 4.79 Å². The number of nitrogens with zero attached hydrogens (tertiary/aromatic N) is 1. The Kier molecular flexibility index (Phi) is 6.03. The Labute approximate surface area is 127 Å². The molecule has 116 valence electrons. The van der Waals surface area contributed by atoms with E-state index >= 15 is 0 Å². The van der Waals surface area contributed by atoms with E-state index in [9.17, 15) is 4.79 Å². The number of rotatable bonds is 4. The van der Waals surface area contributed by atoms with Gasteiger partial charge in [0.15, 0.2) is 0 Å². The molecule has 1 aromatic rings. The molecular weight excluding hydrogens is 262 g/mol. The summed E-state index contributed by atoms with van der Waals surface area (Å²) >= 11 is 0. The zero-order valence-electron chi connectivity index (χ0n) is 13.2. The van der Waals surface area contributed by atoms with Gasteiger partial charge in [0.25, 0.3) is 5.91 Å². The number of amides is 1. The van der Waals surface area contributed by atoms with Gasteiger partial charge in [0.05, 0.1) is 0 Å². The van der Waals surface area contributed by atoms with Crippen molar-refractivity contribution >= 4 is 11.7 Å². The first-order chi connectivity index (χ1) is 10.2. The van der Waals surface area contributed by atoms with E-state index < -0.39 is 0 Å². The van der Waals surface area contributed by atoms with Gasteiger partial charge in [-0.05, 0) is 38.8 Å². The predicted molar refractivity (Wildman–Crippen MR) is 86.7 cm³/mol. The van der Waals surface area contributed by atoms with E-state index in [1.807, 2.05) is 26.0 Å². The lowest BCUT2D eigenvalue weighted by Gasteiger charge is -2.21. The third-order valence-corrected chi connectivity index (χ3v) is 4.01. The molecule has 1 fully saturated rings. The summed E-state index contributed by atoms with van der Waals surface area (Å²) in [4.78, 5) is 16.8. The monoisotopic (exact) mass is 289 g/mol. The first kappa shape index (κ1) is 15.8. The van der Waals surface area contributed by atoms with Crippen LogP contribution in [0.15, 0.2) is 12.1 Å². The van der Waals surface area contributed by atoms with Crippen LogP contribution >= 0.6 is 0 Å². The molecule has 0 bridgehead atoms. The molecule has 1 aliphatic rings. The quantitative estimate of drug-likeness (QED) is 0.889. The lowest BCUT2D eigenvalue weighted by Crippen LogP contribution is -2.35. The second-order valence-electron chi connectivity index (χ2n) is 5.93. The molecule has 4 nitrogen and oxygen atoms in total. The number of carbonyl (C=O) groups excluding carboxylic acids is 1. The number of carbonyl (C=O) groups is 1. The Morgan fingerprint density at radius 1 is 1.19 bits per heavy atom. The summed E-state index contributed by atoms with van der Waals surface area (Å²) in [5, 5.41) is 6.38. The molecule has 0 spiro atoms. The van der Waals surface area contributed by atoms with Gasteiger partial charge in [-0.1, -0.05) is 32.1 Å². The first-order valence-corrected chi connectivity index (χ1v) is 8.22. The van der Waals surface area contributed by atoms with E-state index in [0.717, 1.165) is 30.9 Å². The minimum Gasteiger partial charge on any atom is -0.370 e. The fraction of sp³-hybridized carbons (Fsp3) is 0.647. The third-order valence-electron chi connectivity index (χ3n) is 4.01. The van der Waals surface area contributed by atoms with Gasteiger partial charge < -0.3 is 10.6 Å². The first-order valence-electron chi connectivity index (χ1n) is 8.22. The van der Waals surface area contributed by atoms with Gasteiger partial charge in [0.1, 0.15) is 5.82 Å². The molecule has 0 unspecified atom stereocenters. The van der Waals surface area contributed by atoms with Crippen molar-refractivity contribution in [1.82, 2.24) is 10.3 Å². The van der Waals surface area contributed by atoms with E-state index in [1.165, 1.54) is 32.1 Å². The van der Waals surface area contributed by atoms with Crippen LogP contribution in [0.2, 0.25) is 0 Å². The average Bonchev–Trinajstić information content (AvgIpc) is 2.41. The van der Waals surface area contributed by atoms with Crippen LogP contribution < -0.4 is 10.6 Å². The normalized spacial score (nSPS) is 16.9. The number of aromatic nitrogens is 1. The van der Waals surface area contributed by atoms with E-state index in [4.69, 9.17) is 0 Å². The molecule has 2 N–H and O–H groups in total. The summed E-state index contributed by atoms with van der Waals surface area (Å²) in [6.07, 6.45) is 8.60. The maximum atomic E-state index is 12.5. The number of pyridine rings is 1. The highest BCUT2D eigenvalue weighted by atomic mass is 16.1. The molecule has 0 aliphatic heterocycles. The third kappa shape index (κ3) is 5.03. The molecule has 0 atom stereocenters. The van der Waals surface area contributed by atoms with Crippen molar-refractivity contribution < 1.29 is 4.79 Å². The predicted octanol–water partition coefficient (Wildman–Crippen LogP) is 3.66. The van der Waals surface area contributed by atoms with E-state index in [-0.39, 0.29) is 5.91 Å². The fourth-order valence-electron chi connectivity index (χ4n) is 2.94. The molecule has 21 heavy (non-hydrogen) atoms. The highest BCUT2D eigenvalue weighted by Crippen LogP contribution is 2.18. The smallest absolute Gasteiger partial charge is 0.251 e. The Bertz CT molecular complexity index is 465. The fourth-order valence-corrected chi connectivity index (χ4v) is 2.94. The van der Waals surface area contributed by atoms with Crippen LogP contribution in [-0.4, -0.2) is 23.5 Å². The van der Waals surface area contributed by atoms with E-state index in [1.54, 1.807) is 0 Å². The summed E-state index contributed by atoms with van der Waals surface area (Å²) in [6.45, 7) is 4.76. The molecule has 1 amide bonds. The zero-order chi connectivity index (χ0) is 15.1. The molecule has 1 aliphatic carbocycles. The number of hydrogen-bond donors (Lipinski definition) is 2. The average molecular weight is 289 g/mol. The van der Waals surface area contributed by atoms with Crippen LogP contribution in [0.3, 0.4) is 0 Å². The SMILES string of the molecule is CCNc1cc(C(=O)NC2CCCCCCC2)cc(C)n1. The van der Waals surface area contributed by atoms with Crippen molar-refractivity contribution in [3.63, 3.8) is 0 Å². The van der Waals surface area contributed by atoms with Crippen molar-refractivity contribution in [3.05, 3.63) is 23.4 Å². The van der Waals surface area contributed by atoms with E-state index in [0.29, 0.717) is 11.6 Å². The second-order valence-corrected chi connectivity index (χ2v) is 5.93. The maximum absolute atomic E-state index is 12.5. The Morgan fingerprint density at radius 2 is 1.86 bits per heavy atom. The van der Waals surface area contributed by atoms with Crippen molar-refractivity contribution in [3.8, 4) is 0 Å². The maximum Gasteiger partial charge on any atom is 0.251 e. The Balaban J connectivity index is 2.01. The van der Waals surface area contributed by atoms with Crippen LogP contribution in [0, 0.1) is 6.92 Å². The van der Waals surface area contributed by atoms with Crippen LogP contribution in [0.4, 0.5) is 5.82 Å². The minimum absolute atomic E-state index is 0.0326. The second kappa shape index (κ2) is 8.01. The molecule has 0 aromatic carbocycles. The molecule has 1 aromatic heterocycles. The lowest BCUT2D eigenvalue weighted by molar-refractivity contribution is 0.0930. The van der Waals surface area contributed by atoms with Gasteiger partial charge in [-0.15, -0.1) is 0 Å². The van der Waals surface area contributed by atoms with Gasteiger partial charge in [0.2, 0.25) is 0 Å². The van der Waals surface area contributed by atoms with Crippen molar-refractivity contribution in [2.45, 2.75) is 64.8 Å². The minimum atomic E-state index is 0.0326. The molecular formula is C17H27N3O. The van der Waals surface area contributed by atoms with Crippen molar-refractivity contribution in [1.29, 1.82) is 0 Å². The standard InChI is InChI=1S/C17H27N3O/c1-3-18-16-12-14(11-13(2)19-16)17(21)20-15-9-7-5-4-6-8-10-15/h11-12,15H,3-10H2,1-2H3,(H,18,19)(H,20,21). The Morgan fingerprint density at radius 3 is 2.52 bits per heavy atom. The highest BCUT2D eigenvalue weighted by Gasteiger charge is 2.16. The number of aryl methyl sites for hydroxylation is 1. The van der Waals surface area contributed by atoms with Crippen LogP contribution in [0.1, 0.15) is 67.9 Å². The van der Waals surface area contributed by atoms with E-state index in [2.05, 4.69) is 15.6 Å². The van der Waals surface area contributed by atoms with Gasteiger partial charge >= 0.3 is 0 Å². The highest BCUT2D eigenvalue weighted by molar-refractivity contribution is 5.95. The molecule has 1 heterocycles. The van der Waals surface area contributed by atoms with Crippen LogP contribution in [0.25, 0.3) is 0 Å². The van der Waals surface area contributed by atoms with Crippen molar-refractivity contribution in [2.24, 2.45) is 0 Å². The summed E-state index contributed by atoms with van der Waals surface area (Å²) in [5.41, 5.74) is 1.58. The molecule has 2 rings (SSSR count). The summed E-state index contributed by atoms with van der Waals surface area (Å²) < 4.78 is 0. The van der Waals surface area contributed by atoms with Crippen molar-refractivity contribution in [2.75, 3.05) is 11.9 Å². The van der Waals surface area contributed by atoms with Gasteiger partial charge in [0, 0.05) is 23.8 Å². The van der Waals surface area contributed by atoms with Crippen LogP contribution in [-0.2, 0) is 0 Å². The Hall–Kier alpha value is -1.58. The number of anilines is 1. The molecule has 0 saturated heterocycles. The van der Waals surface area contributed by atoms with Gasteiger partial charge in [-0.25, -0.2) is 4.98 Å². The summed E-state index contributed by atoms with van der Waals surface area (Å²) in [6, 6.07) is 4.03. The van der Waals surface area contributed by atoms with Crippen LogP contribution in [0.5, 0.6) is 0 Å². The summed E-state index contributed by atoms with van der Waals surface area (Å²) in [7, 11) is 0. The topological polar surface area (TPSA) is 54.0 Å². The lowest BCUT2D eigenvalue weighted by atomic mass is 9.96. The summed E-state index contributed by atoms with van der Waals surface area (Å²) in [5.74, 6) is 0.811. The molecule has 4 heteroatoms.